The zero-order chi connectivity index (χ0) is 13.3. The Bertz CT molecular complexity index is 589. The molecular formula is C13H8BrClF2O. The van der Waals surface area contributed by atoms with Gasteiger partial charge in [-0.1, -0.05) is 29.8 Å². The summed E-state index contributed by atoms with van der Waals surface area (Å²) in [4.78, 5) is 0. The Kier molecular flexibility index (Phi) is 4.00. The molecule has 0 aromatic heterocycles. The second-order valence-electron chi connectivity index (χ2n) is 3.72. The standard InChI is InChI=1S/C13H8BrClF2O/c14-9-3-1-2-8(12(9)15)13(18)7-4-5-10(16)11(17)6-7/h1-6,13,18H. The summed E-state index contributed by atoms with van der Waals surface area (Å²) in [5.74, 6) is -1.95. The van der Waals surface area contributed by atoms with E-state index in [0.717, 1.165) is 12.1 Å². The summed E-state index contributed by atoms with van der Waals surface area (Å²) in [5.41, 5.74) is 0.672. The number of hydrogen-bond donors (Lipinski definition) is 1. The summed E-state index contributed by atoms with van der Waals surface area (Å²) in [6.07, 6.45) is -1.11. The number of hydrogen-bond acceptors (Lipinski definition) is 1. The molecule has 1 atom stereocenters. The molecule has 5 heteroatoms. The molecule has 0 saturated carbocycles. The zero-order valence-corrected chi connectivity index (χ0v) is 11.3. The summed E-state index contributed by atoms with van der Waals surface area (Å²) in [6.45, 7) is 0. The smallest absolute Gasteiger partial charge is 0.159 e. The Hall–Kier alpha value is -0.970. The molecule has 0 radical (unpaired) electrons. The highest BCUT2D eigenvalue weighted by Crippen LogP contribution is 2.33. The van der Waals surface area contributed by atoms with Crippen molar-refractivity contribution in [1.29, 1.82) is 0 Å². The molecule has 1 nitrogen and oxygen atoms in total. The van der Waals surface area contributed by atoms with Crippen LogP contribution in [0.2, 0.25) is 5.02 Å². The van der Waals surface area contributed by atoms with Crippen LogP contribution in [0.5, 0.6) is 0 Å². The molecule has 18 heavy (non-hydrogen) atoms. The first-order chi connectivity index (χ1) is 8.50. The average Bonchev–Trinajstić information content (AvgIpc) is 2.35. The van der Waals surface area contributed by atoms with E-state index in [9.17, 15) is 13.9 Å². The molecule has 0 fully saturated rings. The van der Waals surface area contributed by atoms with Crippen LogP contribution in [0.3, 0.4) is 0 Å². The van der Waals surface area contributed by atoms with Gasteiger partial charge < -0.3 is 5.11 Å². The van der Waals surface area contributed by atoms with E-state index in [0.29, 0.717) is 15.1 Å². The van der Waals surface area contributed by atoms with E-state index >= 15 is 0 Å². The molecule has 1 unspecified atom stereocenters. The first-order valence-corrected chi connectivity index (χ1v) is 6.24. The number of halogens is 4. The highest BCUT2D eigenvalue weighted by Gasteiger charge is 2.16. The summed E-state index contributed by atoms with van der Waals surface area (Å²) >= 11 is 9.27. The van der Waals surface area contributed by atoms with Crippen LogP contribution in [0, 0.1) is 11.6 Å². The predicted molar refractivity (Wildman–Crippen MR) is 69.6 cm³/mol. The largest absolute Gasteiger partial charge is 0.384 e. The van der Waals surface area contributed by atoms with Crippen LogP contribution in [0.1, 0.15) is 17.2 Å². The van der Waals surface area contributed by atoms with Crippen molar-refractivity contribution in [2.24, 2.45) is 0 Å². The highest BCUT2D eigenvalue weighted by molar-refractivity contribution is 9.10. The highest BCUT2D eigenvalue weighted by atomic mass is 79.9. The van der Waals surface area contributed by atoms with E-state index in [1.54, 1.807) is 18.2 Å². The molecule has 2 aromatic carbocycles. The number of rotatable bonds is 2. The Morgan fingerprint density at radius 2 is 1.83 bits per heavy atom. The Balaban J connectivity index is 2.44. The minimum atomic E-state index is -1.11. The van der Waals surface area contributed by atoms with Gasteiger partial charge in [-0.2, -0.15) is 0 Å². The van der Waals surface area contributed by atoms with Crippen molar-refractivity contribution in [3.63, 3.8) is 0 Å². The number of benzene rings is 2. The molecule has 94 valence electrons. The lowest BCUT2D eigenvalue weighted by Gasteiger charge is -2.14. The van der Waals surface area contributed by atoms with Crippen LogP contribution in [0.15, 0.2) is 40.9 Å². The normalized spacial score (nSPS) is 12.5. The average molecular weight is 334 g/mol. The van der Waals surface area contributed by atoms with E-state index in [1.807, 2.05) is 0 Å². The summed E-state index contributed by atoms with van der Waals surface area (Å²) in [5, 5.41) is 10.5. The van der Waals surface area contributed by atoms with Crippen molar-refractivity contribution < 1.29 is 13.9 Å². The first kappa shape index (κ1) is 13.5. The number of aliphatic hydroxyl groups excluding tert-OH is 1. The molecule has 2 aromatic rings. The van der Waals surface area contributed by atoms with Crippen molar-refractivity contribution in [1.82, 2.24) is 0 Å². The Morgan fingerprint density at radius 1 is 1.11 bits per heavy atom. The van der Waals surface area contributed by atoms with Crippen LogP contribution in [-0.2, 0) is 0 Å². The third kappa shape index (κ3) is 2.55. The fourth-order valence-electron chi connectivity index (χ4n) is 1.59. The monoisotopic (exact) mass is 332 g/mol. The van der Waals surface area contributed by atoms with Crippen molar-refractivity contribution in [3.8, 4) is 0 Å². The lowest BCUT2D eigenvalue weighted by atomic mass is 10.0. The molecule has 0 aliphatic carbocycles. The topological polar surface area (TPSA) is 20.2 Å². The van der Waals surface area contributed by atoms with Crippen molar-refractivity contribution in [3.05, 3.63) is 68.7 Å². The summed E-state index contributed by atoms with van der Waals surface area (Å²) in [6, 6.07) is 8.30. The second-order valence-corrected chi connectivity index (χ2v) is 4.95. The van der Waals surface area contributed by atoms with E-state index in [4.69, 9.17) is 11.6 Å². The van der Waals surface area contributed by atoms with Gasteiger partial charge in [-0.25, -0.2) is 8.78 Å². The maximum absolute atomic E-state index is 13.1. The molecule has 0 heterocycles. The van der Waals surface area contributed by atoms with Crippen LogP contribution in [-0.4, -0.2) is 5.11 Å². The van der Waals surface area contributed by atoms with E-state index in [2.05, 4.69) is 15.9 Å². The van der Waals surface area contributed by atoms with Crippen LogP contribution >= 0.6 is 27.5 Å². The lowest BCUT2D eigenvalue weighted by Crippen LogP contribution is -2.02. The molecule has 0 bridgehead atoms. The van der Waals surface area contributed by atoms with Crippen LogP contribution < -0.4 is 0 Å². The minimum Gasteiger partial charge on any atom is -0.384 e. The molecule has 1 N–H and O–H groups in total. The van der Waals surface area contributed by atoms with Gasteiger partial charge in [-0.15, -0.1) is 0 Å². The summed E-state index contributed by atoms with van der Waals surface area (Å²) < 4.78 is 26.6. The number of aliphatic hydroxyl groups is 1. The molecular weight excluding hydrogens is 325 g/mol. The maximum atomic E-state index is 13.1. The fourth-order valence-corrected chi connectivity index (χ4v) is 2.20. The Labute approximate surface area is 116 Å². The van der Waals surface area contributed by atoms with E-state index < -0.39 is 17.7 Å². The minimum absolute atomic E-state index is 0.244. The van der Waals surface area contributed by atoms with Gasteiger partial charge in [0.05, 0.1) is 5.02 Å². The maximum Gasteiger partial charge on any atom is 0.159 e. The van der Waals surface area contributed by atoms with Crippen molar-refractivity contribution in [2.45, 2.75) is 6.10 Å². The van der Waals surface area contributed by atoms with Crippen molar-refractivity contribution >= 4 is 27.5 Å². The van der Waals surface area contributed by atoms with Gasteiger partial charge in [-0.05, 0) is 39.7 Å². The Morgan fingerprint density at radius 3 is 2.50 bits per heavy atom. The van der Waals surface area contributed by atoms with Gasteiger partial charge in [0.25, 0.3) is 0 Å². The lowest BCUT2D eigenvalue weighted by molar-refractivity contribution is 0.219. The third-order valence-electron chi connectivity index (χ3n) is 2.54. The van der Waals surface area contributed by atoms with Crippen molar-refractivity contribution in [2.75, 3.05) is 0 Å². The van der Waals surface area contributed by atoms with Gasteiger partial charge >= 0.3 is 0 Å². The zero-order valence-electron chi connectivity index (χ0n) is 9.00. The van der Waals surface area contributed by atoms with Gasteiger partial charge in [-0.3, -0.25) is 0 Å². The van der Waals surface area contributed by atoms with E-state index in [-0.39, 0.29) is 5.56 Å². The third-order valence-corrected chi connectivity index (χ3v) is 3.85. The SMILES string of the molecule is OC(c1ccc(F)c(F)c1)c1cccc(Br)c1Cl. The quantitative estimate of drug-likeness (QED) is 0.860. The predicted octanol–water partition coefficient (Wildman–Crippen LogP) is 4.46. The van der Waals surface area contributed by atoms with Crippen LogP contribution in [0.4, 0.5) is 8.78 Å². The van der Waals surface area contributed by atoms with Gasteiger partial charge in [0.2, 0.25) is 0 Å². The van der Waals surface area contributed by atoms with Gasteiger partial charge in [0.1, 0.15) is 6.10 Å². The molecule has 0 aliphatic rings. The van der Waals surface area contributed by atoms with Gasteiger partial charge in [0.15, 0.2) is 11.6 Å². The molecule has 0 saturated heterocycles. The van der Waals surface area contributed by atoms with E-state index in [1.165, 1.54) is 6.07 Å². The molecule has 2 rings (SSSR count). The molecule has 0 amide bonds. The summed E-state index contributed by atoms with van der Waals surface area (Å²) in [7, 11) is 0. The van der Waals surface area contributed by atoms with Crippen LogP contribution in [0.25, 0.3) is 0 Å². The van der Waals surface area contributed by atoms with Gasteiger partial charge in [0, 0.05) is 10.0 Å². The fraction of sp³-hybridized carbons (Fsp3) is 0.0769. The molecule has 0 aliphatic heterocycles. The molecule has 0 spiro atoms. The first-order valence-electron chi connectivity index (χ1n) is 5.07. The second kappa shape index (κ2) is 5.34.